The first-order valence-corrected chi connectivity index (χ1v) is 10.9. The van der Waals surface area contributed by atoms with Gasteiger partial charge in [0.1, 0.15) is 5.75 Å². The van der Waals surface area contributed by atoms with Gasteiger partial charge in [-0.25, -0.2) is 0 Å². The summed E-state index contributed by atoms with van der Waals surface area (Å²) in [5, 5.41) is 20.9. The zero-order valence-corrected chi connectivity index (χ0v) is 18.9. The van der Waals surface area contributed by atoms with Crippen molar-refractivity contribution in [3.8, 4) is 11.5 Å². The number of phenols is 1. The fourth-order valence-corrected chi connectivity index (χ4v) is 3.97. The molecule has 0 saturated carbocycles. The van der Waals surface area contributed by atoms with Crippen molar-refractivity contribution in [2.45, 2.75) is 5.75 Å². The molecule has 6 nitrogen and oxygen atoms in total. The molecule has 0 saturated heterocycles. The van der Waals surface area contributed by atoms with Crippen LogP contribution in [0.25, 0.3) is 6.08 Å². The number of nitro groups is 1. The van der Waals surface area contributed by atoms with Crippen molar-refractivity contribution < 1.29 is 19.6 Å². The Hall–Kier alpha value is -3.10. The zero-order valence-electron chi connectivity index (χ0n) is 16.4. The maximum Gasteiger partial charge on any atom is 0.311 e. The molecule has 31 heavy (non-hydrogen) atoms. The normalized spacial score (nSPS) is 11.2. The van der Waals surface area contributed by atoms with E-state index in [0.717, 1.165) is 10.0 Å². The molecule has 8 heteroatoms. The number of ketones is 1. The maximum absolute atomic E-state index is 13.2. The zero-order chi connectivity index (χ0) is 22.4. The molecule has 0 unspecified atom stereocenters. The number of carbonyl (C=O) groups excluding carboxylic acids is 1. The van der Waals surface area contributed by atoms with E-state index in [4.69, 9.17) is 4.74 Å². The number of halogens is 1. The van der Waals surface area contributed by atoms with Gasteiger partial charge in [-0.15, -0.1) is 11.8 Å². The average Bonchev–Trinajstić information content (AvgIpc) is 2.78. The largest absolute Gasteiger partial charge is 0.502 e. The predicted molar refractivity (Wildman–Crippen MR) is 125 cm³/mol. The Morgan fingerprint density at radius 3 is 2.42 bits per heavy atom. The Balaban J connectivity index is 1.95. The molecular formula is C23H18BrNO5S. The number of aromatic hydroxyl groups is 1. The van der Waals surface area contributed by atoms with Crippen LogP contribution in [0.1, 0.15) is 21.5 Å². The van der Waals surface area contributed by atoms with E-state index in [-0.39, 0.29) is 5.78 Å². The number of Topliss-reactive ketones (excluding diaryl/α,β-unsaturated/α-hetero) is 1. The summed E-state index contributed by atoms with van der Waals surface area (Å²) in [6, 6.07) is 18.5. The molecule has 0 aliphatic carbocycles. The molecule has 0 bridgehead atoms. The molecule has 3 aromatic rings. The fourth-order valence-electron chi connectivity index (χ4n) is 2.73. The summed E-state index contributed by atoms with van der Waals surface area (Å²) >= 11 is 4.74. The second-order valence-electron chi connectivity index (χ2n) is 6.49. The highest BCUT2D eigenvalue weighted by molar-refractivity contribution is 9.10. The van der Waals surface area contributed by atoms with Crippen LogP contribution in [0.2, 0.25) is 0 Å². The van der Waals surface area contributed by atoms with Gasteiger partial charge in [0.25, 0.3) is 0 Å². The monoisotopic (exact) mass is 499 g/mol. The first-order chi connectivity index (χ1) is 14.9. The Morgan fingerprint density at radius 1 is 1.13 bits per heavy atom. The molecule has 0 atom stereocenters. The highest BCUT2D eigenvalue weighted by atomic mass is 79.9. The van der Waals surface area contributed by atoms with Crippen LogP contribution in [0, 0.1) is 10.1 Å². The first-order valence-electron chi connectivity index (χ1n) is 9.12. The van der Waals surface area contributed by atoms with Crippen LogP contribution in [0.5, 0.6) is 11.5 Å². The summed E-state index contributed by atoms with van der Waals surface area (Å²) in [6.07, 6.45) is 1.60. The number of ether oxygens (including phenoxy) is 1. The summed E-state index contributed by atoms with van der Waals surface area (Å²) < 4.78 is 6.11. The summed E-state index contributed by atoms with van der Waals surface area (Å²) in [5.41, 5.74) is 1.54. The Labute approximate surface area is 191 Å². The van der Waals surface area contributed by atoms with Crippen LogP contribution in [0.3, 0.4) is 0 Å². The molecule has 158 valence electrons. The number of carbonyl (C=O) groups is 1. The quantitative estimate of drug-likeness (QED) is 0.171. The minimum Gasteiger partial charge on any atom is -0.502 e. The lowest BCUT2D eigenvalue weighted by molar-refractivity contribution is -0.385. The third-order valence-electron chi connectivity index (χ3n) is 4.38. The molecule has 1 N–H and O–H groups in total. The molecule has 0 heterocycles. The summed E-state index contributed by atoms with van der Waals surface area (Å²) in [6.45, 7) is 0. The van der Waals surface area contributed by atoms with Crippen molar-refractivity contribution in [3.05, 3.63) is 103 Å². The van der Waals surface area contributed by atoms with Gasteiger partial charge in [0.05, 0.1) is 16.9 Å². The molecule has 0 aliphatic heterocycles. The van der Waals surface area contributed by atoms with Crippen LogP contribution < -0.4 is 4.74 Å². The minimum absolute atomic E-state index is 0.208. The first kappa shape index (κ1) is 22.6. The number of hydrogen-bond donors (Lipinski definition) is 1. The number of phenolic OH excluding ortho intramolecular Hbond substituents is 1. The third-order valence-corrected chi connectivity index (χ3v) is 6.00. The van der Waals surface area contributed by atoms with Crippen LogP contribution in [0.4, 0.5) is 5.69 Å². The number of thioether (sulfide) groups is 1. The van der Waals surface area contributed by atoms with E-state index in [1.54, 1.807) is 37.5 Å². The fraction of sp³-hybridized carbons (Fsp3) is 0.0870. The number of nitrogens with zero attached hydrogens (tertiary/aromatic N) is 1. The van der Waals surface area contributed by atoms with E-state index in [2.05, 4.69) is 15.9 Å². The number of methoxy groups -OCH3 is 1. The van der Waals surface area contributed by atoms with Crippen molar-refractivity contribution in [2.24, 2.45) is 0 Å². The van der Waals surface area contributed by atoms with Crippen molar-refractivity contribution in [3.63, 3.8) is 0 Å². The lowest BCUT2D eigenvalue weighted by atomic mass is 10.1. The van der Waals surface area contributed by atoms with Crippen molar-refractivity contribution >= 4 is 45.2 Å². The number of benzene rings is 3. The van der Waals surface area contributed by atoms with Crippen LogP contribution in [0.15, 0.2) is 76.1 Å². The average molecular weight is 500 g/mol. The molecule has 0 fully saturated rings. The molecular weight excluding hydrogens is 482 g/mol. The number of allylic oxidation sites excluding steroid dienone is 1. The van der Waals surface area contributed by atoms with Gasteiger partial charge >= 0.3 is 5.69 Å². The highest BCUT2D eigenvalue weighted by Gasteiger charge is 2.17. The summed E-state index contributed by atoms with van der Waals surface area (Å²) in [4.78, 5) is 24.1. The topological polar surface area (TPSA) is 89.7 Å². The third kappa shape index (κ3) is 5.96. The number of hydrogen-bond acceptors (Lipinski definition) is 6. The van der Waals surface area contributed by atoms with E-state index in [1.165, 1.54) is 30.0 Å². The SMILES string of the molecule is COc1ccc(C(=O)C(=Cc2ccc(O)c([N+](=O)[O-])c2)SCc2ccc(Br)cc2)cc1. The molecule has 0 radical (unpaired) electrons. The van der Waals surface area contributed by atoms with Crippen molar-refractivity contribution in [2.75, 3.05) is 7.11 Å². The molecule has 3 rings (SSSR count). The summed E-state index contributed by atoms with van der Waals surface area (Å²) in [5.74, 6) is 0.549. The second kappa shape index (κ2) is 10.3. The van der Waals surface area contributed by atoms with E-state index in [9.17, 15) is 20.0 Å². The van der Waals surface area contributed by atoms with Crippen LogP contribution in [-0.4, -0.2) is 22.9 Å². The van der Waals surface area contributed by atoms with Gasteiger partial charge in [-0.3, -0.25) is 14.9 Å². The van der Waals surface area contributed by atoms with Gasteiger partial charge in [0.2, 0.25) is 0 Å². The van der Waals surface area contributed by atoms with Gasteiger partial charge in [-0.2, -0.15) is 0 Å². The van der Waals surface area contributed by atoms with Crippen molar-refractivity contribution in [1.29, 1.82) is 0 Å². The van der Waals surface area contributed by atoms with Gasteiger partial charge in [-0.05, 0) is 59.7 Å². The number of rotatable bonds is 8. The lowest BCUT2D eigenvalue weighted by Crippen LogP contribution is -2.02. The minimum atomic E-state index is -0.660. The van der Waals surface area contributed by atoms with Crippen LogP contribution >= 0.6 is 27.7 Å². The van der Waals surface area contributed by atoms with E-state index in [0.29, 0.717) is 27.5 Å². The predicted octanol–water partition coefficient (Wildman–Crippen LogP) is 6.23. The Morgan fingerprint density at radius 2 is 1.81 bits per heavy atom. The van der Waals surface area contributed by atoms with Crippen molar-refractivity contribution in [1.82, 2.24) is 0 Å². The maximum atomic E-state index is 13.2. The molecule has 3 aromatic carbocycles. The summed E-state index contributed by atoms with van der Waals surface area (Å²) in [7, 11) is 1.55. The number of nitro benzene ring substituents is 1. The van der Waals surface area contributed by atoms with Gasteiger partial charge < -0.3 is 9.84 Å². The van der Waals surface area contributed by atoms with E-state index < -0.39 is 16.4 Å². The lowest BCUT2D eigenvalue weighted by Gasteiger charge is -2.09. The molecule has 0 aliphatic rings. The standard InChI is InChI=1S/C23H18BrNO5S/c1-30-19-9-5-17(6-10-19)23(27)22(31-14-15-2-7-18(24)8-3-15)13-16-4-11-21(26)20(12-16)25(28)29/h2-13,26H,14H2,1H3. The molecule has 0 spiro atoms. The Kier molecular flexibility index (Phi) is 7.49. The van der Waals surface area contributed by atoms with E-state index in [1.807, 2.05) is 24.3 Å². The van der Waals surface area contributed by atoms with Gasteiger partial charge in [0.15, 0.2) is 11.5 Å². The highest BCUT2D eigenvalue weighted by Crippen LogP contribution is 2.31. The Bertz CT molecular complexity index is 1130. The second-order valence-corrected chi connectivity index (χ2v) is 8.42. The molecule has 0 aromatic heterocycles. The van der Waals surface area contributed by atoms with E-state index >= 15 is 0 Å². The van der Waals surface area contributed by atoms with Gasteiger partial charge in [0, 0.05) is 21.9 Å². The van der Waals surface area contributed by atoms with Gasteiger partial charge in [-0.1, -0.05) is 34.1 Å². The van der Waals surface area contributed by atoms with Crippen LogP contribution in [-0.2, 0) is 5.75 Å². The molecule has 0 amide bonds. The smallest absolute Gasteiger partial charge is 0.311 e.